The lowest BCUT2D eigenvalue weighted by atomic mass is 10.2. The van der Waals surface area contributed by atoms with E-state index in [1.54, 1.807) is 18.5 Å². The van der Waals surface area contributed by atoms with E-state index in [4.69, 9.17) is 0 Å². The standard InChI is InChI=1S/C8H5N5O.H2O/c14-7-3-8-10-11-12-13(8)6-4-9-2-1-5(6)7;/h1-4,14H;1H2. The summed E-state index contributed by atoms with van der Waals surface area (Å²) in [6.45, 7) is 0. The van der Waals surface area contributed by atoms with Gasteiger partial charge in [-0.15, -0.1) is 5.10 Å². The Bertz CT molecular complexity index is 621. The maximum Gasteiger partial charge on any atom is 0.183 e. The van der Waals surface area contributed by atoms with Gasteiger partial charge >= 0.3 is 0 Å². The maximum atomic E-state index is 9.65. The molecule has 0 aliphatic rings. The molecule has 0 amide bonds. The van der Waals surface area contributed by atoms with E-state index in [1.165, 1.54) is 10.6 Å². The van der Waals surface area contributed by atoms with Crippen LogP contribution >= 0.6 is 0 Å². The van der Waals surface area contributed by atoms with E-state index in [0.29, 0.717) is 16.6 Å². The van der Waals surface area contributed by atoms with Crippen LogP contribution in [0.5, 0.6) is 5.75 Å². The molecule has 0 fully saturated rings. The largest absolute Gasteiger partial charge is 0.507 e. The van der Waals surface area contributed by atoms with Crippen molar-refractivity contribution in [2.45, 2.75) is 0 Å². The molecular formula is C8H7N5O2. The van der Waals surface area contributed by atoms with Gasteiger partial charge in [-0.3, -0.25) is 4.98 Å². The highest BCUT2D eigenvalue weighted by atomic mass is 16.3. The van der Waals surface area contributed by atoms with Crippen LogP contribution in [0, 0.1) is 0 Å². The molecule has 0 saturated carbocycles. The molecule has 0 aliphatic heterocycles. The number of pyridine rings is 2. The molecule has 3 aromatic rings. The molecule has 3 heterocycles. The van der Waals surface area contributed by atoms with E-state index in [9.17, 15) is 5.11 Å². The third-order valence-corrected chi connectivity index (χ3v) is 2.06. The highest BCUT2D eigenvalue weighted by molar-refractivity contribution is 5.86. The van der Waals surface area contributed by atoms with E-state index < -0.39 is 0 Å². The van der Waals surface area contributed by atoms with Crippen LogP contribution in [0.2, 0.25) is 0 Å². The first-order chi connectivity index (χ1) is 6.86. The summed E-state index contributed by atoms with van der Waals surface area (Å²) in [6.07, 6.45) is 3.22. The van der Waals surface area contributed by atoms with E-state index >= 15 is 0 Å². The van der Waals surface area contributed by atoms with Crippen LogP contribution in [0.1, 0.15) is 0 Å². The van der Waals surface area contributed by atoms with Gasteiger partial charge in [-0.05, 0) is 16.5 Å². The minimum absolute atomic E-state index is 0. The molecular weight excluding hydrogens is 198 g/mol. The van der Waals surface area contributed by atoms with E-state index in [0.717, 1.165) is 0 Å². The van der Waals surface area contributed by atoms with Crippen LogP contribution in [-0.4, -0.2) is 35.6 Å². The minimum Gasteiger partial charge on any atom is -0.507 e. The molecule has 0 unspecified atom stereocenters. The molecule has 3 N–H and O–H groups in total. The third kappa shape index (κ3) is 1.17. The zero-order chi connectivity index (χ0) is 9.54. The van der Waals surface area contributed by atoms with Crippen LogP contribution in [-0.2, 0) is 0 Å². The fraction of sp³-hybridized carbons (Fsp3) is 0. The second-order valence-electron chi connectivity index (χ2n) is 2.87. The van der Waals surface area contributed by atoms with E-state index in [2.05, 4.69) is 20.5 Å². The molecule has 0 spiro atoms. The predicted molar refractivity (Wildman–Crippen MR) is 51.4 cm³/mol. The maximum absolute atomic E-state index is 9.65. The van der Waals surface area contributed by atoms with Gasteiger partial charge in [-0.25, -0.2) is 0 Å². The van der Waals surface area contributed by atoms with Gasteiger partial charge in [-0.2, -0.15) is 4.52 Å². The zero-order valence-electron chi connectivity index (χ0n) is 7.49. The van der Waals surface area contributed by atoms with E-state index in [-0.39, 0.29) is 11.2 Å². The Morgan fingerprint density at radius 1 is 1.33 bits per heavy atom. The summed E-state index contributed by atoms with van der Waals surface area (Å²) in [6, 6.07) is 3.23. The van der Waals surface area contributed by atoms with Crippen molar-refractivity contribution in [2.24, 2.45) is 0 Å². The van der Waals surface area contributed by atoms with Gasteiger partial charge in [0.25, 0.3) is 0 Å². The van der Waals surface area contributed by atoms with Gasteiger partial charge < -0.3 is 10.6 Å². The van der Waals surface area contributed by atoms with Crippen LogP contribution in [0.25, 0.3) is 16.6 Å². The molecule has 0 saturated heterocycles. The summed E-state index contributed by atoms with van der Waals surface area (Å²) in [4.78, 5) is 3.96. The average molecular weight is 205 g/mol. The van der Waals surface area contributed by atoms with Crippen molar-refractivity contribution in [2.75, 3.05) is 0 Å². The quantitative estimate of drug-likeness (QED) is 0.534. The Balaban J connectivity index is 0.000000853. The average Bonchev–Trinajstić information content (AvgIpc) is 2.66. The number of tetrazole rings is 1. The summed E-state index contributed by atoms with van der Waals surface area (Å²) in [5.74, 6) is 0.157. The Morgan fingerprint density at radius 3 is 3.07 bits per heavy atom. The molecule has 76 valence electrons. The number of rotatable bonds is 0. The Labute approximate surface area is 83.3 Å². The molecule has 0 radical (unpaired) electrons. The minimum atomic E-state index is 0. The fourth-order valence-electron chi connectivity index (χ4n) is 1.43. The number of hydrogen-bond acceptors (Lipinski definition) is 5. The van der Waals surface area contributed by atoms with Crippen molar-refractivity contribution < 1.29 is 10.6 Å². The molecule has 0 aliphatic carbocycles. The first-order valence-electron chi connectivity index (χ1n) is 4.00. The monoisotopic (exact) mass is 205 g/mol. The number of nitrogens with zero attached hydrogens (tertiary/aromatic N) is 5. The third-order valence-electron chi connectivity index (χ3n) is 2.06. The lowest BCUT2D eigenvalue weighted by molar-refractivity contribution is 0.481. The molecule has 7 heteroatoms. The van der Waals surface area contributed by atoms with Crippen molar-refractivity contribution in [1.29, 1.82) is 0 Å². The molecule has 3 rings (SSSR count). The van der Waals surface area contributed by atoms with Crippen molar-refractivity contribution in [1.82, 2.24) is 25.0 Å². The van der Waals surface area contributed by atoms with Crippen LogP contribution in [0.3, 0.4) is 0 Å². The van der Waals surface area contributed by atoms with Crippen molar-refractivity contribution >= 4 is 16.6 Å². The second kappa shape index (κ2) is 3.14. The van der Waals surface area contributed by atoms with Crippen LogP contribution in [0.15, 0.2) is 24.5 Å². The Kier molecular flexibility index (Phi) is 1.94. The first-order valence-corrected chi connectivity index (χ1v) is 4.00. The predicted octanol–water partition coefficient (Wildman–Crippen LogP) is -0.447. The highest BCUT2D eigenvalue weighted by Crippen LogP contribution is 2.23. The smallest absolute Gasteiger partial charge is 0.183 e. The van der Waals surface area contributed by atoms with Crippen molar-refractivity contribution in [3.8, 4) is 5.75 Å². The summed E-state index contributed by atoms with van der Waals surface area (Å²) in [5.41, 5.74) is 1.19. The molecule has 0 aromatic carbocycles. The first kappa shape index (κ1) is 9.28. The summed E-state index contributed by atoms with van der Waals surface area (Å²) < 4.78 is 1.53. The summed E-state index contributed by atoms with van der Waals surface area (Å²) in [5, 5.41) is 21.4. The number of fused-ring (bicyclic) bond motifs is 3. The van der Waals surface area contributed by atoms with Gasteiger partial charge in [0.15, 0.2) is 5.65 Å². The van der Waals surface area contributed by atoms with Crippen LogP contribution in [0.4, 0.5) is 0 Å². The van der Waals surface area contributed by atoms with Crippen LogP contribution < -0.4 is 0 Å². The second-order valence-corrected chi connectivity index (χ2v) is 2.87. The van der Waals surface area contributed by atoms with Gasteiger partial charge in [-0.1, -0.05) is 0 Å². The molecule has 3 aromatic heterocycles. The van der Waals surface area contributed by atoms with Crippen molar-refractivity contribution in [3.63, 3.8) is 0 Å². The Hall–Kier alpha value is -2.28. The molecule has 0 atom stereocenters. The molecule has 0 bridgehead atoms. The highest BCUT2D eigenvalue weighted by Gasteiger charge is 2.06. The summed E-state index contributed by atoms with van der Waals surface area (Å²) >= 11 is 0. The SMILES string of the molecule is O.Oc1cc2nnnn2c2cnccc12. The van der Waals surface area contributed by atoms with E-state index in [1.807, 2.05) is 0 Å². The molecule has 7 nitrogen and oxygen atoms in total. The van der Waals surface area contributed by atoms with Gasteiger partial charge in [0.05, 0.1) is 11.7 Å². The van der Waals surface area contributed by atoms with Gasteiger partial charge in [0.1, 0.15) is 5.75 Å². The number of hydrogen-bond donors (Lipinski definition) is 1. The normalized spacial score (nSPS) is 10.4. The topological polar surface area (TPSA) is 108 Å². The fourth-order valence-corrected chi connectivity index (χ4v) is 1.43. The summed E-state index contributed by atoms with van der Waals surface area (Å²) in [7, 11) is 0. The van der Waals surface area contributed by atoms with Gasteiger partial charge in [0, 0.05) is 17.6 Å². The van der Waals surface area contributed by atoms with Crippen molar-refractivity contribution in [3.05, 3.63) is 24.5 Å². The lowest BCUT2D eigenvalue weighted by Crippen LogP contribution is -1.91. The number of aromatic hydroxyl groups is 1. The lowest BCUT2D eigenvalue weighted by Gasteiger charge is -2.00. The zero-order valence-corrected chi connectivity index (χ0v) is 7.49. The Morgan fingerprint density at radius 2 is 2.20 bits per heavy atom. The van der Waals surface area contributed by atoms with Gasteiger partial charge in [0.2, 0.25) is 0 Å². The number of aromatic nitrogens is 5. The molecule has 15 heavy (non-hydrogen) atoms.